The van der Waals surface area contributed by atoms with Crippen LogP contribution in [0.1, 0.15) is 17.3 Å². The zero-order chi connectivity index (χ0) is 11.4. The molecule has 3 N–H and O–H groups in total. The van der Waals surface area contributed by atoms with Gasteiger partial charge in [0.15, 0.2) is 0 Å². The van der Waals surface area contributed by atoms with Crippen molar-refractivity contribution in [3.8, 4) is 0 Å². The number of nitrogens with two attached hydrogens (primary N) is 1. The molecule has 6 heteroatoms. The summed E-state index contributed by atoms with van der Waals surface area (Å²) in [6, 6.07) is 0. The molecule has 6 nitrogen and oxygen atoms in total. The van der Waals surface area contributed by atoms with Crippen molar-refractivity contribution in [2.45, 2.75) is 6.92 Å². The second-order valence-electron chi connectivity index (χ2n) is 3.06. The summed E-state index contributed by atoms with van der Waals surface area (Å²) >= 11 is 0. The molecule has 0 fully saturated rings. The van der Waals surface area contributed by atoms with E-state index in [0.29, 0.717) is 17.9 Å². The van der Waals surface area contributed by atoms with Gasteiger partial charge in [-0.05, 0) is 6.92 Å². The topological polar surface area (TPSA) is 84.1 Å². The Kier molecular flexibility index (Phi) is 3.43. The number of hydrogen-bond donors (Lipinski definition) is 2. The molecule has 0 atom stereocenters. The van der Waals surface area contributed by atoms with Crippen molar-refractivity contribution in [1.82, 2.24) is 14.9 Å². The molecule has 0 unspecified atom stereocenters. The minimum atomic E-state index is -0.123. The van der Waals surface area contributed by atoms with Gasteiger partial charge in [-0.1, -0.05) is 0 Å². The number of nitrogen functional groups attached to an aromatic ring is 1. The average Bonchev–Trinajstić information content (AvgIpc) is 2.26. The number of aromatic nitrogens is 2. The smallest absolute Gasteiger partial charge is 0.258 e. The van der Waals surface area contributed by atoms with E-state index in [1.54, 1.807) is 19.0 Å². The molecule has 0 spiro atoms. The van der Waals surface area contributed by atoms with E-state index in [9.17, 15) is 4.79 Å². The summed E-state index contributed by atoms with van der Waals surface area (Å²) in [5, 5.41) is 2.82. The molecule has 0 aromatic carbocycles. The highest BCUT2D eigenvalue weighted by Crippen LogP contribution is 2.13. The third-order valence-electron chi connectivity index (χ3n) is 2.10. The van der Waals surface area contributed by atoms with Crippen LogP contribution in [0.15, 0.2) is 6.20 Å². The van der Waals surface area contributed by atoms with Crippen molar-refractivity contribution in [2.75, 3.05) is 31.7 Å². The van der Waals surface area contributed by atoms with Gasteiger partial charge >= 0.3 is 0 Å². The van der Waals surface area contributed by atoms with Crippen LogP contribution in [0.5, 0.6) is 0 Å². The molecular formula is C9H15N5O. The Labute approximate surface area is 88.5 Å². The summed E-state index contributed by atoms with van der Waals surface area (Å²) in [6.45, 7) is 2.53. The molecule has 0 aliphatic heterocycles. The Morgan fingerprint density at radius 3 is 2.87 bits per heavy atom. The highest BCUT2D eigenvalue weighted by atomic mass is 16.2. The molecule has 0 radical (unpaired) electrons. The molecule has 1 amide bonds. The number of anilines is 2. The number of amides is 1. The van der Waals surface area contributed by atoms with Crippen molar-refractivity contribution in [1.29, 1.82) is 0 Å². The third-order valence-corrected chi connectivity index (χ3v) is 2.10. The van der Waals surface area contributed by atoms with Crippen molar-refractivity contribution < 1.29 is 4.79 Å². The van der Waals surface area contributed by atoms with Crippen LogP contribution in [0.2, 0.25) is 0 Å². The number of carbonyl (C=O) groups excluding carboxylic acids is 1. The van der Waals surface area contributed by atoms with Crippen molar-refractivity contribution in [2.24, 2.45) is 0 Å². The molecular weight excluding hydrogens is 194 g/mol. The Bertz CT molecular complexity index is 366. The van der Waals surface area contributed by atoms with Crippen molar-refractivity contribution >= 4 is 17.7 Å². The summed E-state index contributed by atoms with van der Waals surface area (Å²) in [7, 11) is 3.41. The van der Waals surface area contributed by atoms with Gasteiger partial charge in [-0.15, -0.1) is 0 Å². The van der Waals surface area contributed by atoms with Gasteiger partial charge in [-0.25, -0.2) is 4.98 Å². The summed E-state index contributed by atoms with van der Waals surface area (Å²) in [5.74, 6) is 0.477. The Morgan fingerprint density at radius 1 is 1.67 bits per heavy atom. The van der Waals surface area contributed by atoms with Crippen LogP contribution in [0.25, 0.3) is 0 Å². The normalized spacial score (nSPS) is 9.80. The van der Waals surface area contributed by atoms with E-state index < -0.39 is 0 Å². The lowest BCUT2D eigenvalue weighted by Gasteiger charge is -2.15. The largest absolute Gasteiger partial charge is 0.372 e. The number of rotatable bonds is 3. The zero-order valence-corrected chi connectivity index (χ0v) is 9.11. The summed E-state index contributed by atoms with van der Waals surface area (Å²) < 4.78 is 0. The van der Waals surface area contributed by atoms with Gasteiger partial charge in [-0.2, -0.15) is 4.98 Å². The predicted molar refractivity (Wildman–Crippen MR) is 58.6 cm³/mol. The summed E-state index contributed by atoms with van der Waals surface area (Å²) in [5.41, 5.74) is 5.85. The molecule has 1 rings (SSSR count). The lowest BCUT2D eigenvalue weighted by atomic mass is 10.2. The van der Waals surface area contributed by atoms with Crippen LogP contribution in [0.4, 0.5) is 11.8 Å². The lowest BCUT2D eigenvalue weighted by molar-refractivity contribution is 0.0802. The second kappa shape index (κ2) is 4.59. The van der Waals surface area contributed by atoms with Crippen molar-refractivity contribution in [3.63, 3.8) is 0 Å². The van der Waals surface area contributed by atoms with Gasteiger partial charge < -0.3 is 16.0 Å². The molecule has 0 saturated carbocycles. The molecule has 1 heterocycles. The highest BCUT2D eigenvalue weighted by Gasteiger charge is 2.15. The monoisotopic (exact) mass is 209 g/mol. The first-order chi connectivity index (χ1) is 7.10. The van der Waals surface area contributed by atoms with Crippen molar-refractivity contribution in [3.05, 3.63) is 11.8 Å². The number of nitrogens with zero attached hydrogens (tertiary/aromatic N) is 3. The van der Waals surface area contributed by atoms with E-state index in [1.807, 2.05) is 6.92 Å². The third kappa shape index (κ3) is 2.34. The molecule has 0 aliphatic rings. The first kappa shape index (κ1) is 11.2. The molecule has 0 bridgehead atoms. The van der Waals surface area contributed by atoms with E-state index in [4.69, 9.17) is 5.73 Å². The first-order valence-corrected chi connectivity index (χ1v) is 4.65. The van der Waals surface area contributed by atoms with Crippen LogP contribution in [0.3, 0.4) is 0 Å². The van der Waals surface area contributed by atoms with E-state index >= 15 is 0 Å². The Balaban J connectivity index is 3.08. The fourth-order valence-electron chi connectivity index (χ4n) is 1.09. The molecule has 15 heavy (non-hydrogen) atoms. The molecule has 82 valence electrons. The second-order valence-corrected chi connectivity index (χ2v) is 3.06. The maximum atomic E-state index is 11.8. The van der Waals surface area contributed by atoms with Crippen LogP contribution < -0.4 is 11.1 Å². The SMILES string of the molecule is CCN(C)C(=O)c1cnc(N)nc1NC. The fraction of sp³-hybridized carbons (Fsp3) is 0.444. The maximum absolute atomic E-state index is 11.8. The van der Waals surface area contributed by atoms with Gasteiger partial charge in [0.25, 0.3) is 5.91 Å². The summed E-state index contributed by atoms with van der Waals surface area (Å²) in [6.07, 6.45) is 1.43. The number of carbonyl (C=O) groups is 1. The molecule has 1 aromatic rings. The molecule has 0 aliphatic carbocycles. The van der Waals surface area contributed by atoms with Gasteiger partial charge in [-0.3, -0.25) is 4.79 Å². The number of hydrogen-bond acceptors (Lipinski definition) is 5. The fourth-order valence-corrected chi connectivity index (χ4v) is 1.09. The minimum Gasteiger partial charge on any atom is -0.372 e. The standard InChI is InChI=1S/C9H15N5O/c1-4-14(3)8(15)6-5-12-9(10)13-7(6)11-2/h5H,4H2,1-3H3,(H3,10,11,12,13). The maximum Gasteiger partial charge on any atom is 0.258 e. The van der Waals surface area contributed by atoms with Crippen LogP contribution in [-0.4, -0.2) is 41.4 Å². The van der Waals surface area contributed by atoms with E-state index in [2.05, 4.69) is 15.3 Å². The summed E-state index contributed by atoms with van der Waals surface area (Å²) in [4.78, 5) is 21.2. The van der Waals surface area contributed by atoms with Gasteiger partial charge in [0, 0.05) is 26.8 Å². The van der Waals surface area contributed by atoms with Gasteiger partial charge in [0.2, 0.25) is 5.95 Å². The average molecular weight is 209 g/mol. The molecule has 1 aromatic heterocycles. The van der Waals surface area contributed by atoms with E-state index in [1.165, 1.54) is 6.20 Å². The predicted octanol–water partition coefficient (Wildman–Crippen LogP) is 0.192. The lowest BCUT2D eigenvalue weighted by Crippen LogP contribution is -2.27. The Morgan fingerprint density at radius 2 is 2.33 bits per heavy atom. The highest BCUT2D eigenvalue weighted by molar-refractivity contribution is 5.98. The minimum absolute atomic E-state index is 0.123. The van der Waals surface area contributed by atoms with Gasteiger partial charge in [0.05, 0.1) is 0 Å². The zero-order valence-electron chi connectivity index (χ0n) is 9.11. The van der Waals surface area contributed by atoms with Gasteiger partial charge in [0.1, 0.15) is 11.4 Å². The quantitative estimate of drug-likeness (QED) is 0.742. The van der Waals surface area contributed by atoms with E-state index in [-0.39, 0.29) is 11.9 Å². The number of nitrogens with one attached hydrogen (secondary N) is 1. The van der Waals surface area contributed by atoms with E-state index in [0.717, 1.165) is 0 Å². The van der Waals surface area contributed by atoms with Crippen LogP contribution in [0, 0.1) is 0 Å². The molecule has 0 saturated heterocycles. The Hall–Kier alpha value is -1.85. The van der Waals surface area contributed by atoms with Crippen LogP contribution in [-0.2, 0) is 0 Å². The first-order valence-electron chi connectivity index (χ1n) is 4.65. The van der Waals surface area contributed by atoms with Crippen LogP contribution >= 0.6 is 0 Å².